The molecule has 0 spiro atoms. The zero-order valence-corrected chi connectivity index (χ0v) is 6.69. The van der Waals surface area contributed by atoms with Gasteiger partial charge in [-0.05, 0) is 6.42 Å². The lowest BCUT2D eigenvalue weighted by Crippen LogP contribution is -2.60. The van der Waals surface area contributed by atoms with Crippen LogP contribution in [0.4, 0.5) is 4.79 Å². The van der Waals surface area contributed by atoms with E-state index in [1.807, 2.05) is 0 Å². The highest BCUT2D eigenvalue weighted by atomic mass is 16.4. The summed E-state index contributed by atoms with van der Waals surface area (Å²) in [6.45, 7) is 0.561. The van der Waals surface area contributed by atoms with E-state index in [2.05, 4.69) is 0 Å². The molecule has 0 aromatic carbocycles. The number of Topliss-reactive ketones (excluding diaryl/α,β-unsaturated/α-hetero) is 1. The second-order valence-corrected chi connectivity index (χ2v) is 3.54. The third kappa shape index (κ3) is 0.983. The van der Waals surface area contributed by atoms with Gasteiger partial charge >= 0.3 is 6.09 Å². The molecule has 4 nitrogen and oxygen atoms in total. The van der Waals surface area contributed by atoms with Gasteiger partial charge in [-0.25, -0.2) is 4.79 Å². The Balaban J connectivity index is 1.98. The number of nitrogens with zero attached hydrogens (tertiary/aromatic N) is 1. The number of carboxylic acid groups (broad SMARTS) is 1. The Morgan fingerprint density at radius 1 is 1.58 bits per heavy atom. The molecule has 2 aliphatic rings. The maximum Gasteiger partial charge on any atom is 0.407 e. The molecule has 12 heavy (non-hydrogen) atoms. The summed E-state index contributed by atoms with van der Waals surface area (Å²) < 4.78 is 0. The number of carbonyl (C=O) groups excluding carboxylic acids is 1. The van der Waals surface area contributed by atoms with Gasteiger partial charge in [-0.3, -0.25) is 4.79 Å². The van der Waals surface area contributed by atoms with Crippen LogP contribution in [0.5, 0.6) is 0 Å². The highest BCUT2D eigenvalue weighted by Crippen LogP contribution is 2.35. The number of likely N-dealkylation sites (tertiary alicyclic amines) is 1. The van der Waals surface area contributed by atoms with Crippen LogP contribution < -0.4 is 0 Å². The number of fused-ring (bicyclic) bond motifs is 1. The van der Waals surface area contributed by atoms with E-state index < -0.39 is 6.09 Å². The first kappa shape index (κ1) is 7.58. The van der Waals surface area contributed by atoms with Crippen LogP contribution in [0.2, 0.25) is 0 Å². The van der Waals surface area contributed by atoms with Crippen molar-refractivity contribution in [3.8, 4) is 0 Å². The number of ketones is 1. The van der Waals surface area contributed by atoms with Crippen LogP contribution in [-0.4, -0.2) is 34.5 Å². The van der Waals surface area contributed by atoms with Gasteiger partial charge in [0.25, 0.3) is 0 Å². The van der Waals surface area contributed by atoms with Gasteiger partial charge in [0.1, 0.15) is 5.78 Å². The van der Waals surface area contributed by atoms with Crippen LogP contribution in [0.3, 0.4) is 0 Å². The average Bonchev–Trinajstić information content (AvgIpc) is 1.94. The third-order valence-corrected chi connectivity index (χ3v) is 2.83. The van der Waals surface area contributed by atoms with Crippen molar-refractivity contribution in [3.05, 3.63) is 0 Å². The summed E-state index contributed by atoms with van der Waals surface area (Å²) in [5.41, 5.74) is 0. The molecule has 0 unspecified atom stereocenters. The van der Waals surface area contributed by atoms with Gasteiger partial charge in [0.2, 0.25) is 0 Å². The van der Waals surface area contributed by atoms with Crippen molar-refractivity contribution in [2.24, 2.45) is 5.92 Å². The van der Waals surface area contributed by atoms with Crippen LogP contribution >= 0.6 is 0 Å². The Bertz CT molecular complexity index is 238. The molecular formula is C8H11NO3. The van der Waals surface area contributed by atoms with Crippen LogP contribution in [0.15, 0.2) is 0 Å². The van der Waals surface area contributed by atoms with Crippen LogP contribution in [0, 0.1) is 5.92 Å². The molecule has 2 fully saturated rings. The Kier molecular flexibility index (Phi) is 1.56. The molecule has 1 saturated carbocycles. The van der Waals surface area contributed by atoms with Gasteiger partial charge in [-0.1, -0.05) is 0 Å². The maximum absolute atomic E-state index is 11.0. The minimum absolute atomic E-state index is 0.139. The molecule has 0 aromatic rings. The minimum Gasteiger partial charge on any atom is -0.465 e. The number of hydrogen-bond donors (Lipinski definition) is 1. The summed E-state index contributed by atoms with van der Waals surface area (Å²) >= 11 is 0. The predicted molar refractivity (Wildman–Crippen MR) is 40.9 cm³/mol. The van der Waals surface area contributed by atoms with E-state index in [9.17, 15) is 9.59 Å². The summed E-state index contributed by atoms with van der Waals surface area (Å²) in [6.07, 6.45) is 1.04. The molecule has 0 aromatic heterocycles. The summed E-state index contributed by atoms with van der Waals surface area (Å²) in [5.74, 6) is 0.614. The first-order valence-electron chi connectivity index (χ1n) is 4.20. The van der Waals surface area contributed by atoms with Crippen molar-refractivity contribution in [2.75, 3.05) is 6.54 Å². The van der Waals surface area contributed by atoms with Crippen molar-refractivity contribution in [1.29, 1.82) is 0 Å². The van der Waals surface area contributed by atoms with E-state index in [-0.39, 0.29) is 6.04 Å². The highest BCUT2D eigenvalue weighted by molar-refractivity contribution is 5.80. The molecule has 2 atom stereocenters. The fourth-order valence-electron chi connectivity index (χ4n) is 2.14. The number of hydrogen-bond acceptors (Lipinski definition) is 2. The van der Waals surface area contributed by atoms with Crippen molar-refractivity contribution in [3.63, 3.8) is 0 Å². The fourth-order valence-corrected chi connectivity index (χ4v) is 2.14. The zero-order chi connectivity index (χ0) is 8.72. The van der Waals surface area contributed by atoms with E-state index in [1.54, 1.807) is 0 Å². The summed E-state index contributed by atoms with van der Waals surface area (Å²) in [4.78, 5) is 23.0. The van der Waals surface area contributed by atoms with Gasteiger partial charge < -0.3 is 10.0 Å². The molecule has 1 N–H and O–H groups in total. The third-order valence-electron chi connectivity index (χ3n) is 2.83. The van der Waals surface area contributed by atoms with E-state index in [1.165, 1.54) is 4.90 Å². The summed E-state index contributed by atoms with van der Waals surface area (Å²) in [5, 5.41) is 8.68. The van der Waals surface area contributed by atoms with Crippen LogP contribution in [-0.2, 0) is 4.79 Å². The fraction of sp³-hybridized carbons (Fsp3) is 0.750. The predicted octanol–water partition coefficient (Wildman–Crippen LogP) is 0.718. The SMILES string of the molecule is O=C1CC[C@H]2[C@@H](C1)CN2C(=O)O. The monoisotopic (exact) mass is 169 g/mol. The minimum atomic E-state index is -0.842. The molecule has 4 heteroatoms. The molecule has 66 valence electrons. The topological polar surface area (TPSA) is 57.6 Å². The van der Waals surface area contributed by atoms with Gasteiger partial charge in [-0.15, -0.1) is 0 Å². The normalized spacial score (nSPS) is 34.0. The standard InChI is InChI=1S/C8H11NO3/c10-6-1-2-7-5(3-6)4-9(7)8(11)12/h5,7H,1-4H2,(H,11,12)/t5-,7-/m0/s1. The van der Waals surface area contributed by atoms with E-state index in [4.69, 9.17) is 5.11 Å². The molecule has 0 bridgehead atoms. The van der Waals surface area contributed by atoms with Crippen molar-refractivity contribution < 1.29 is 14.7 Å². The molecule has 1 amide bonds. The molecule has 1 aliphatic carbocycles. The Hall–Kier alpha value is -1.06. The molecule has 2 rings (SSSR count). The second-order valence-electron chi connectivity index (χ2n) is 3.54. The smallest absolute Gasteiger partial charge is 0.407 e. The number of amides is 1. The molecule has 1 heterocycles. The number of rotatable bonds is 0. The number of carbonyl (C=O) groups is 2. The average molecular weight is 169 g/mol. The van der Waals surface area contributed by atoms with Crippen LogP contribution in [0.1, 0.15) is 19.3 Å². The molecule has 1 aliphatic heterocycles. The Labute approximate surface area is 70.2 Å². The Morgan fingerprint density at radius 2 is 2.33 bits per heavy atom. The maximum atomic E-state index is 11.0. The van der Waals surface area contributed by atoms with Crippen molar-refractivity contribution >= 4 is 11.9 Å². The molecular weight excluding hydrogens is 158 g/mol. The van der Waals surface area contributed by atoms with E-state index in [0.717, 1.165) is 6.42 Å². The van der Waals surface area contributed by atoms with Gasteiger partial charge in [0.05, 0.1) is 0 Å². The first-order valence-corrected chi connectivity index (χ1v) is 4.20. The zero-order valence-electron chi connectivity index (χ0n) is 6.69. The molecule has 0 radical (unpaired) electrons. The lowest BCUT2D eigenvalue weighted by Gasteiger charge is -2.48. The van der Waals surface area contributed by atoms with Crippen molar-refractivity contribution in [1.82, 2.24) is 4.90 Å². The molecule has 1 saturated heterocycles. The van der Waals surface area contributed by atoms with E-state index >= 15 is 0 Å². The van der Waals surface area contributed by atoms with Crippen molar-refractivity contribution in [2.45, 2.75) is 25.3 Å². The Morgan fingerprint density at radius 3 is 2.92 bits per heavy atom. The van der Waals surface area contributed by atoms with E-state index in [0.29, 0.717) is 31.1 Å². The quantitative estimate of drug-likeness (QED) is 0.581. The highest BCUT2D eigenvalue weighted by Gasteiger charge is 2.44. The summed E-state index contributed by atoms with van der Waals surface area (Å²) in [6, 6.07) is 0.139. The summed E-state index contributed by atoms with van der Waals surface area (Å²) in [7, 11) is 0. The largest absolute Gasteiger partial charge is 0.465 e. The van der Waals surface area contributed by atoms with Gasteiger partial charge in [0.15, 0.2) is 0 Å². The lowest BCUT2D eigenvalue weighted by molar-refractivity contribution is -0.126. The lowest BCUT2D eigenvalue weighted by atomic mass is 9.76. The van der Waals surface area contributed by atoms with Gasteiger partial charge in [-0.2, -0.15) is 0 Å². The first-order chi connectivity index (χ1) is 5.68. The van der Waals surface area contributed by atoms with Gasteiger partial charge in [0, 0.05) is 31.3 Å². The van der Waals surface area contributed by atoms with Crippen LogP contribution in [0.25, 0.3) is 0 Å². The second kappa shape index (κ2) is 2.47.